The predicted octanol–water partition coefficient (Wildman–Crippen LogP) is 1.93. The number of anilines is 1. The van der Waals surface area contributed by atoms with Crippen molar-refractivity contribution in [3.05, 3.63) is 46.8 Å². The van der Waals surface area contributed by atoms with Gasteiger partial charge in [0.05, 0.1) is 12.2 Å². The molecule has 0 radical (unpaired) electrons. The van der Waals surface area contributed by atoms with Crippen LogP contribution in [-0.2, 0) is 14.3 Å². The van der Waals surface area contributed by atoms with Crippen molar-refractivity contribution >= 4 is 34.1 Å². The van der Waals surface area contributed by atoms with Crippen LogP contribution in [0.2, 0.25) is 0 Å². The van der Waals surface area contributed by atoms with Crippen LogP contribution in [0.25, 0.3) is 0 Å². The summed E-state index contributed by atoms with van der Waals surface area (Å²) in [6, 6.07) is 9.97. The molecule has 1 aromatic heterocycles. The van der Waals surface area contributed by atoms with E-state index < -0.39 is 24.4 Å². The number of nitriles is 1. The normalized spacial score (nSPS) is 9.78. The molecule has 27 heavy (non-hydrogen) atoms. The molecule has 0 aliphatic rings. The van der Waals surface area contributed by atoms with Crippen molar-refractivity contribution in [1.82, 2.24) is 5.32 Å². The lowest BCUT2D eigenvalue weighted by Gasteiger charge is -2.08. The number of carbonyl (C=O) groups excluding carboxylic acids is 3. The van der Waals surface area contributed by atoms with Crippen molar-refractivity contribution in [1.29, 1.82) is 5.26 Å². The molecule has 1 heterocycles. The quantitative estimate of drug-likeness (QED) is 0.669. The largest absolute Gasteiger partial charge is 0.494 e. The minimum Gasteiger partial charge on any atom is -0.494 e. The van der Waals surface area contributed by atoms with Gasteiger partial charge in [0.15, 0.2) is 6.61 Å². The van der Waals surface area contributed by atoms with E-state index in [0.29, 0.717) is 28.5 Å². The first-order valence-electron chi connectivity index (χ1n) is 7.97. The van der Waals surface area contributed by atoms with Crippen molar-refractivity contribution in [2.45, 2.75) is 6.92 Å². The first-order chi connectivity index (χ1) is 13.0. The fraction of sp³-hybridized carbons (Fsp3) is 0.222. The highest BCUT2D eigenvalue weighted by Crippen LogP contribution is 2.21. The maximum atomic E-state index is 12.0. The Kier molecular flexibility index (Phi) is 7.34. The number of nitrogens with one attached hydrogen (secondary N) is 2. The van der Waals surface area contributed by atoms with Gasteiger partial charge in [-0.2, -0.15) is 5.26 Å². The zero-order valence-electron chi connectivity index (χ0n) is 14.5. The highest BCUT2D eigenvalue weighted by atomic mass is 32.1. The highest BCUT2D eigenvalue weighted by Gasteiger charge is 2.12. The van der Waals surface area contributed by atoms with E-state index in [4.69, 9.17) is 14.7 Å². The van der Waals surface area contributed by atoms with Gasteiger partial charge in [-0.05, 0) is 42.6 Å². The van der Waals surface area contributed by atoms with Gasteiger partial charge < -0.3 is 20.1 Å². The van der Waals surface area contributed by atoms with Crippen molar-refractivity contribution < 1.29 is 23.9 Å². The monoisotopic (exact) mass is 387 g/mol. The molecule has 140 valence electrons. The van der Waals surface area contributed by atoms with Crippen molar-refractivity contribution in [3.63, 3.8) is 0 Å². The lowest BCUT2D eigenvalue weighted by molar-refractivity contribution is -0.146. The topological polar surface area (TPSA) is 118 Å². The van der Waals surface area contributed by atoms with Gasteiger partial charge in [0.25, 0.3) is 11.8 Å². The Morgan fingerprint density at radius 2 is 1.93 bits per heavy atom. The van der Waals surface area contributed by atoms with Crippen molar-refractivity contribution in [2.75, 3.05) is 25.1 Å². The Morgan fingerprint density at radius 3 is 2.59 bits per heavy atom. The summed E-state index contributed by atoms with van der Waals surface area (Å²) in [5, 5.41) is 15.8. The van der Waals surface area contributed by atoms with E-state index in [1.807, 2.05) is 13.0 Å². The first-order valence-corrected chi connectivity index (χ1v) is 8.85. The summed E-state index contributed by atoms with van der Waals surface area (Å²) in [4.78, 5) is 35.4. The smallest absolute Gasteiger partial charge is 0.325 e. The number of ether oxygens (including phenoxy) is 2. The highest BCUT2D eigenvalue weighted by molar-refractivity contribution is 7.14. The van der Waals surface area contributed by atoms with Gasteiger partial charge in [-0.1, -0.05) is 0 Å². The van der Waals surface area contributed by atoms with Crippen LogP contribution in [0.4, 0.5) is 5.00 Å². The molecule has 9 heteroatoms. The van der Waals surface area contributed by atoms with Gasteiger partial charge in [0.1, 0.15) is 23.4 Å². The molecule has 2 amide bonds. The third kappa shape index (κ3) is 6.13. The number of esters is 1. The molecule has 0 fully saturated rings. The van der Waals surface area contributed by atoms with Crippen LogP contribution < -0.4 is 15.4 Å². The van der Waals surface area contributed by atoms with E-state index in [2.05, 4.69) is 10.6 Å². The Morgan fingerprint density at radius 1 is 1.19 bits per heavy atom. The average Bonchev–Trinajstić information content (AvgIpc) is 3.12. The molecule has 0 aliphatic carbocycles. The number of carbonyl (C=O) groups is 3. The Bertz CT molecular complexity index is 855. The molecule has 2 aromatic rings. The van der Waals surface area contributed by atoms with Gasteiger partial charge in [0, 0.05) is 5.56 Å². The summed E-state index contributed by atoms with van der Waals surface area (Å²) in [7, 11) is 0. The van der Waals surface area contributed by atoms with Crippen molar-refractivity contribution in [2.24, 2.45) is 0 Å². The van der Waals surface area contributed by atoms with E-state index in [0.717, 1.165) is 0 Å². The molecule has 0 saturated carbocycles. The number of nitrogens with zero attached hydrogens (tertiary/aromatic N) is 1. The molecule has 8 nitrogen and oxygen atoms in total. The van der Waals surface area contributed by atoms with Gasteiger partial charge in [0.2, 0.25) is 0 Å². The predicted molar refractivity (Wildman–Crippen MR) is 98.6 cm³/mol. The fourth-order valence-electron chi connectivity index (χ4n) is 1.98. The molecule has 0 atom stereocenters. The second kappa shape index (κ2) is 9.94. The second-order valence-corrected chi connectivity index (χ2v) is 6.04. The summed E-state index contributed by atoms with van der Waals surface area (Å²) in [5.41, 5.74) is 0.702. The molecule has 0 unspecified atom stereocenters. The van der Waals surface area contributed by atoms with Gasteiger partial charge in [-0.25, -0.2) is 0 Å². The third-order valence-corrected chi connectivity index (χ3v) is 4.05. The van der Waals surface area contributed by atoms with Crippen molar-refractivity contribution in [3.8, 4) is 11.8 Å². The van der Waals surface area contributed by atoms with E-state index in [1.54, 1.807) is 35.7 Å². The van der Waals surface area contributed by atoms with Crippen LogP contribution in [0.15, 0.2) is 35.7 Å². The van der Waals surface area contributed by atoms with E-state index in [-0.39, 0.29) is 6.54 Å². The minimum atomic E-state index is -0.754. The number of benzene rings is 1. The third-order valence-electron chi connectivity index (χ3n) is 3.22. The van der Waals surface area contributed by atoms with Crippen LogP contribution in [-0.4, -0.2) is 37.5 Å². The van der Waals surface area contributed by atoms with Crippen LogP contribution in [0.1, 0.15) is 22.8 Å². The van der Waals surface area contributed by atoms with E-state index in [9.17, 15) is 14.4 Å². The Hall–Kier alpha value is -3.38. The van der Waals surface area contributed by atoms with Crippen LogP contribution in [0, 0.1) is 11.3 Å². The molecular formula is C18H17N3O5S. The standard InChI is InChI=1S/C18H17N3O5S/c1-2-25-14-5-3-12(4-6-14)17(24)20-10-16(23)26-11-15(22)21-18-13(9-19)7-8-27-18/h3-8H,2,10-11H2,1H3,(H,20,24)(H,21,22). The lowest BCUT2D eigenvalue weighted by atomic mass is 10.2. The number of rotatable bonds is 8. The maximum absolute atomic E-state index is 12.0. The summed E-state index contributed by atoms with van der Waals surface area (Å²) in [5.74, 6) is -1.13. The number of hydrogen-bond donors (Lipinski definition) is 2. The minimum absolute atomic E-state index is 0.335. The summed E-state index contributed by atoms with van der Waals surface area (Å²) >= 11 is 1.19. The van der Waals surface area contributed by atoms with E-state index in [1.165, 1.54) is 11.3 Å². The first kappa shape index (κ1) is 19.9. The molecule has 0 spiro atoms. The number of amides is 2. The molecule has 2 rings (SSSR count). The molecule has 0 saturated heterocycles. The van der Waals surface area contributed by atoms with Gasteiger partial charge in [-0.3, -0.25) is 14.4 Å². The Balaban J connectivity index is 1.73. The summed E-state index contributed by atoms with van der Waals surface area (Å²) in [6.45, 7) is 1.49. The Labute approximate surface area is 159 Å². The molecular weight excluding hydrogens is 370 g/mol. The molecule has 0 aliphatic heterocycles. The second-order valence-electron chi connectivity index (χ2n) is 5.12. The average molecular weight is 387 g/mol. The number of thiophene rings is 1. The van der Waals surface area contributed by atoms with Crippen LogP contribution >= 0.6 is 11.3 Å². The maximum Gasteiger partial charge on any atom is 0.325 e. The number of hydrogen-bond acceptors (Lipinski definition) is 7. The van der Waals surface area contributed by atoms with Gasteiger partial charge in [-0.15, -0.1) is 11.3 Å². The SMILES string of the molecule is CCOc1ccc(C(=O)NCC(=O)OCC(=O)Nc2sccc2C#N)cc1. The summed E-state index contributed by atoms with van der Waals surface area (Å²) in [6.07, 6.45) is 0. The molecule has 1 aromatic carbocycles. The summed E-state index contributed by atoms with van der Waals surface area (Å²) < 4.78 is 10.1. The molecule has 0 bridgehead atoms. The lowest BCUT2D eigenvalue weighted by Crippen LogP contribution is -2.32. The van der Waals surface area contributed by atoms with Crippen LogP contribution in [0.3, 0.4) is 0 Å². The van der Waals surface area contributed by atoms with Gasteiger partial charge >= 0.3 is 5.97 Å². The fourth-order valence-corrected chi connectivity index (χ4v) is 2.73. The molecule has 2 N–H and O–H groups in total. The zero-order chi connectivity index (χ0) is 19.6. The van der Waals surface area contributed by atoms with E-state index >= 15 is 0 Å². The van der Waals surface area contributed by atoms with Crippen LogP contribution in [0.5, 0.6) is 5.75 Å². The zero-order valence-corrected chi connectivity index (χ0v) is 15.3.